The molecule has 0 aliphatic heterocycles. The maximum absolute atomic E-state index is 11.9. The summed E-state index contributed by atoms with van der Waals surface area (Å²) in [6.45, 7) is 1.72. The summed E-state index contributed by atoms with van der Waals surface area (Å²) in [6.07, 6.45) is 0. The molecule has 2 rings (SSSR count). The average molecular weight is 343 g/mol. The number of benzene rings is 2. The number of rotatable bonds is 8. The molecule has 0 aliphatic carbocycles. The molecule has 25 heavy (non-hydrogen) atoms. The van der Waals surface area contributed by atoms with Crippen LogP contribution in [0.15, 0.2) is 42.5 Å². The topological polar surface area (TPSA) is 73.9 Å². The highest BCUT2D eigenvalue weighted by atomic mass is 16.5. The van der Waals surface area contributed by atoms with Crippen LogP contribution in [0.1, 0.15) is 22.8 Å². The van der Waals surface area contributed by atoms with Gasteiger partial charge in [-0.2, -0.15) is 0 Å². The van der Waals surface area contributed by atoms with Crippen molar-refractivity contribution in [1.29, 1.82) is 0 Å². The molecule has 0 radical (unpaired) electrons. The predicted molar refractivity (Wildman–Crippen MR) is 93.3 cm³/mol. The maximum Gasteiger partial charge on any atom is 0.258 e. The van der Waals surface area contributed by atoms with Crippen LogP contribution in [-0.4, -0.2) is 32.5 Å². The molecule has 6 heteroatoms. The van der Waals surface area contributed by atoms with Crippen molar-refractivity contribution in [2.45, 2.75) is 13.5 Å². The Bertz CT molecular complexity index is 740. The van der Waals surface area contributed by atoms with E-state index in [0.29, 0.717) is 23.6 Å². The molecular weight excluding hydrogens is 322 g/mol. The number of methoxy groups -OCH3 is 2. The zero-order valence-corrected chi connectivity index (χ0v) is 14.5. The third-order valence-electron chi connectivity index (χ3n) is 3.58. The van der Waals surface area contributed by atoms with Crippen LogP contribution in [0, 0.1) is 0 Å². The van der Waals surface area contributed by atoms with E-state index in [1.54, 1.807) is 25.3 Å². The Labute approximate surface area is 146 Å². The first-order valence-electron chi connectivity index (χ1n) is 7.75. The lowest BCUT2D eigenvalue weighted by Crippen LogP contribution is -2.28. The molecule has 0 heterocycles. The van der Waals surface area contributed by atoms with Gasteiger partial charge >= 0.3 is 0 Å². The van der Waals surface area contributed by atoms with Gasteiger partial charge in [0.2, 0.25) is 0 Å². The van der Waals surface area contributed by atoms with Crippen LogP contribution < -0.4 is 19.5 Å². The van der Waals surface area contributed by atoms with Gasteiger partial charge in [0.05, 0.1) is 14.2 Å². The van der Waals surface area contributed by atoms with E-state index in [9.17, 15) is 9.59 Å². The van der Waals surface area contributed by atoms with Gasteiger partial charge in [0.25, 0.3) is 5.91 Å². The molecule has 6 nitrogen and oxygen atoms in total. The molecule has 2 aromatic rings. The van der Waals surface area contributed by atoms with E-state index in [-0.39, 0.29) is 18.3 Å². The third kappa shape index (κ3) is 5.24. The zero-order chi connectivity index (χ0) is 18.2. The van der Waals surface area contributed by atoms with E-state index in [1.807, 2.05) is 24.3 Å². The minimum absolute atomic E-state index is 0.0675. The lowest BCUT2D eigenvalue weighted by Gasteiger charge is -2.12. The molecule has 0 aliphatic rings. The van der Waals surface area contributed by atoms with Gasteiger partial charge in [-0.15, -0.1) is 0 Å². The van der Waals surface area contributed by atoms with Gasteiger partial charge in [0, 0.05) is 12.1 Å². The first kappa shape index (κ1) is 18.3. The van der Waals surface area contributed by atoms with E-state index < -0.39 is 0 Å². The van der Waals surface area contributed by atoms with E-state index in [1.165, 1.54) is 14.0 Å². The molecule has 0 spiro atoms. The van der Waals surface area contributed by atoms with Gasteiger partial charge in [-0.1, -0.05) is 12.1 Å². The summed E-state index contributed by atoms with van der Waals surface area (Å²) in [4.78, 5) is 23.3. The van der Waals surface area contributed by atoms with Crippen molar-refractivity contribution in [1.82, 2.24) is 5.32 Å². The van der Waals surface area contributed by atoms with Crippen molar-refractivity contribution >= 4 is 11.7 Å². The summed E-state index contributed by atoms with van der Waals surface area (Å²) < 4.78 is 15.8. The highest BCUT2D eigenvalue weighted by Gasteiger charge is 2.10. The van der Waals surface area contributed by atoms with E-state index in [2.05, 4.69) is 5.32 Å². The monoisotopic (exact) mass is 343 g/mol. The van der Waals surface area contributed by atoms with Crippen molar-refractivity contribution in [2.24, 2.45) is 0 Å². The number of Topliss-reactive ketones (excluding diaryl/α,β-unsaturated/α-hetero) is 1. The summed E-state index contributed by atoms with van der Waals surface area (Å²) in [5.74, 6) is 1.26. The highest BCUT2D eigenvalue weighted by Crippen LogP contribution is 2.28. The molecule has 0 atom stereocenters. The Kier molecular flexibility index (Phi) is 6.39. The van der Waals surface area contributed by atoms with Gasteiger partial charge < -0.3 is 19.5 Å². The molecule has 1 N–H and O–H groups in total. The van der Waals surface area contributed by atoms with Crippen LogP contribution in [-0.2, 0) is 11.3 Å². The SMILES string of the molecule is COc1ccc(CNC(=O)COc2ccc(C(C)=O)cc2OC)cc1. The quantitative estimate of drug-likeness (QED) is 0.746. The maximum atomic E-state index is 11.9. The van der Waals surface area contributed by atoms with E-state index in [0.717, 1.165) is 11.3 Å². The van der Waals surface area contributed by atoms with Gasteiger partial charge in [-0.05, 0) is 42.8 Å². The number of carbonyl (C=O) groups is 2. The first-order chi connectivity index (χ1) is 12.0. The number of hydrogen-bond donors (Lipinski definition) is 1. The Balaban J connectivity index is 1.87. The molecule has 0 saturated heterocycles. The van der Waals surface area contributed by atoms with Crippen LogP contribution in [0.2, 0.25) is 0 Å². The van der Waals surface area contributed by atoms with Crippen molar-refractivity contribution in [3.05, 3.63) is 53.6 Å². The van der Waals surface area contributed by atoms with Gasteiger partial charge in [0.15, 0.2) is 23.9 Å². The van der Waals surface area contributed by atoms with Crippen LogP contribution in [0.25, 0.3) is 0 Å². The fraction of sp³-hybridized carbons (Fsp3) is 0.263. The standard InChI is InChI=1S/C19H21NO5/c1-13(21)15-6-9-17(18(10-15)24-3)25-12-19(22)20-11-14-4-7-16(23-2)8-5-14/h4-10H,11-12H2,1-3H3,(H,20,22). The fourth-order valence-corrected chi connectivity index (χ4v) is 2.14. The lowest BCUT2D eigenvalue weighted by atomic mass is 10.1. The minimum Gasteiger partial charge on any atom is -0.497 e. The molecule has 1 amide bonds. The number of ketones is 1. The van der Waals surface area contributed by atoms with E-state index in [4.69, 9.17) is 14.2 Å². The predicted octanol–water partition coefficient (Wildman–Crippen LogP) is 2.60. The normalized spacial score (nSPS) is 10.0. The fourth-order valence-electron chi connectivity index (χ4n) is 2.14. The van der Waals surface area contributed by atoms with E-state index >= 15 is 0 Å². The minimum atomic E-state index is -0.256. The van der Waals surface area contributed by atoms with Gasteiger partial charge in [0.1, 0.15) is 5.75 Å². The smallest absolute Gasteiger partial charge is 0.258 e. The number of carbonyl (C=O) groups excluding carboxylic acids is 2. The lowest BCUT2D eigenvalue weighted by molar-refractivity contribution is -0.123. The summed E-state index contributed by atoms with van der Waals surface area (Å²) >= 11 is 0. The van der Waals surface area contributed by atoms with Crippen LogP contribution in [0.5, 0.6) is 17.2 Å². The third-order valence-corrected chi connectivity index (χ3v) is 3.58. The van der Waals surface area contributed by atoms with Crippen LogP contribution in [0.4, 0.5) is 0 Å². The molecule has 2 aromatic carbocycles. The molecule has 0 saturated carbocycles. The van der Waals surface area contributed by atoms with Gasteiger partial charge in [-0.3, -0.25) is 9.59 Å². The van der Waals surface area contributed by atoms with Crippen LogP contribution in [0.3, 0.4) is 0 Å². The molecule has 0 unspecified atom stereocenters. The highest BCUT2D eigenvalue weighted by molar-refractivity contribution is 5.94. The molecule has 0 aromatic heterocycles. The number of hydrogen-bond acceptors (Lipinski definition) is 5. The molecule has 0 bridgehead atoms. The van der Waals surface area contributed by atoms with Crippen molar-refractivity contribution < 1.29 is 23.8 Å². The summed E-state index contributed by atoms with van der Waals surface area (Å²) in [6, 6.07) is 12.3. The largest absolute Gasteiger partial charge is 0.497 e. The Morgan fingerprint density at radius 3 is 2.28 bits per heavy atom. The second kappa shape index (κ2) is 8.73. The Morgan fingerprint density at radius 2 is 1.68 bits per heavy atom. The Morgan fingerprint density at radius 1 is 0.960 bits per heavy atom. The van der Waals surface area contributed by atoms with Crippen LogP contribution >= 0.6 is 0 Å². The summed E-state index contributed by atoms with van der Waals surface area (Å²) in [5, 5.41) is 2.77. The van der Waals surface area contributed by atoms with Crippen molar-refractivity contribution in [3.8, 4) is 17.2 Å². The molecular formula is C19H21NO5. The molecule has 132 valence electrons. The van der Waals surface area contributed by atoms with Gasteiger partial charge in [-0.25, -0.2) is 0 Å². The Hall–Kier alpha value is -3.02. The molecule has 0 fully saturated rings. The first-order valence-corrected chi connectivity index (χ1v) is 7.75. The number of nitrogens with one attached hydrogen (secondary N) is 1. The summed E-state index contributed by atoms with van der Waals surface area (Å²) in [5.41, 5.74) is 1.48. The number of amides is 1. The number of ether oxygens (including phenoxy) is 3. The van der Waals surface area contributed by atoms with Crippen molar-refractivity contribution in [3.63, 3.8) is 0 Å². The average Bonchev–Trinajstić information content (AvgIpc) is 2.64. The summed E-state index contributed by atoms with van der Waals surface area (Å²) in [7, 11) is 3.08. The second-order valence-electron chi connectivity index (χ2n) is 5.34. The zero-order valence-electron chi connectivity index (χ0n) is 14.5. The van der Waals surface area contributed by atoms with Crippen molar-refractivity contribution in [2.75, 3.05) is 20.8 Å². The second-order valence-corrected chi connectivity index (χ2v) is 5.34.